The van der Waals surface area contributed by atoms with E-state index in [1.165, 1.54) is 0 Å². The van der Waals surface area contributed by atoms with Gasteiger partial charge in [0.25, 0.3) is 5.91 Å². The second-order valence-electron chi connectivity index (χ2n) is 7.41. The smallest absolute Gasteiger partial charge is 0.315 e. The van der Waals surface area contributed by atoms with Crippen molar-refractivity contribution in [2.45, 2.75) is 6.42 Å². The maximum atomic E-state index is 12.4. The lowest BCUT2D eigenvalue weighted by Gasteiger charge is -2.26. The van der Waals surface area contributed by atoms with Gasteiger partial charge in [0.05, 0.1) is 20.3 Å². The first-order chi connectivity index (χ1) is 15.7. The first-order valence-corrected chi connectivity index (χ1v) is 10.6. The molecule has 0 radical (unpaired) electrons. The van der Waals surface area contributed by atoms with Gasteiger partial charge in [0.15, 0.2) is 0 Å². The van der Waals surface area contributed by atoms with Crippen molar-refractivity contribution in [3.63, 3.8) is 0 Å². The van der Waals surface area contributed by atoms with Crippen LogP contribution in [0, 0.1) is 0 Å². The van der Waals surface area contributed by atoms with Gasteiger partial charge in [-0.05, 0) is 61.5 Å². The molecule has 9 nitrogen and oxygen atoms in total. The Morgan fingerprint density at radius 3 is 2.53 bits per heavy atom. The largest absolute Gasteiger partial charge is 0.497 e. The predicted molar refractivity (Wildman–Crippen MR) is 121 cm³/mol. The monoisotopic (exact) mass is 437 g/mol. The summed E-state index contributed by atoms with van der Waals surface area (Å²) in [5, 5.41) is 14.2. The number of methoxy groups -OCH3 is 1. The number of nitrogens with zero attached hydrogens (tertiary/aromatic N) is 3. The average molecular weight is 438 g/mol. The zero-order chi connectivity index (χ0) is 22.2. The molecule has 0 spiro atoms. The van der Waals surface area contributed by atoms with Gasteiger partial charge in [-0.1, -0.05) is 5.10 Å². The van der Waals surface area contributed by atoms with E-state index in [0.29, 0.717) is 28.9 Å². The summed E-state index contributed by atoms with van der Waals surface area (Å²) in [6, 6.07) is 14.6. The van der Waals surface area contributed by atoms with E-state index in [1.54, 1.807) is 43.5 Å². The Morgan fingerprint density at radius 1 is 1.06 bits per heavy atom. The maximum Gasteiger partial charge on any atom is 0.315 e. The van der Waals surface area contributed by atoms with Crippen LogP contribution in [0.5, 0.6) is 5.75 Å². The molecule has 1 fully saturated rings. The minimum atomic E-state index is -0.193. The van der Waals surface area contributed by atoms with Gasteiger partial charge in [0.1, 0.15) is 5.75 Å². The lowest BCUT2D eigenvalue weighted by Crippen LogP contribution is -2.37. The number of carbonyl (C=O) groups excluding carboxylic acids is 1. The minimum Gasteiger partial charge on any atom is -0.497 e. The molecule has 2 N–H and O–H groups in total. The lowest BCUT2D eigenvalue weighted by atomic mass is 10.1. The number of rotatable bonds is 9. The number of anilines is 2. The first kappa shape index (κ1) is 21.8. The summed E-state index contributed by atoms with van der Waals surface area (Å²) >= 11 is 0. The maximum absolute atomic E-state index is 12.4. The Balaban J connectivity index is 1.26. The molecule has 2 aromatic carbocycles. The molecule has 3 aromatic rings. The molecule has 1 saturated heterocycles. The van der Waals surface area contributed by atoms with Crippen LogP contribution in [0.25, 0.3) is 11.5 Å². The van der Waals surface area contributed by atoms with Crippen molar-refractivity contribution in [2.75, 3.05) is 57.1 Å². The normalized spacial score (nSPS) is 14.2. The average Bonchev–Trinajstić information content (AvgIpc) is 3.32. The van der Waals surface area contributed by atoms with Crippen LogP contribution in [-0.4, -0.2) is 67.5 Å². The van der Waals surface area contributed by atoms with Crippen LogP contribution in [0.4, 0.5) is 11.7 Å². The minimum absolute atomic E-state index is 0.193. The number of benzene rings is 2. The van der Waals surface area contributed by atoms with Crippen LogP contribution in [-0.2, 0) is 4.74 Å². The fraction of sp³-hybridized carbons (Fsp3) is 0.348. The van der Waals surface area contributed by atoms with Gasteiger partial charge in [0, 0.05) is 36.4 Å². The summed E-state index contributed by atoms with van der Waals surface area (Å²) in [7, 11) is 1.59. The molecule has 0 aliphatic carbocycles. The van der Waals surface area contributed by atoms with Gasteiger partial charge in [-0.2, -0.15) is 0 Å². The molecule has 0 atom stereocenters. The van der Waals surface area contributed by atoms with Crippen molar-refractivity contribution in [2.24, 2.45) is 0 Å². The van der Waals surface area contributed by atoms with E-state index in [4.69, 9.17) is 13.9 Å². The molecule has 1 aromatic heterocycles. The molecule has 168 valence electrons. The lowest BCUT2D eigenvalue weighted by molar-refractivity contribution is 0.0378. The standard InChI is InChI=1S/C23H27N5O4/c1-30-20-9-5-17(6-10-20)21(29)25-19-7-3-18(4-8-19)22-26-27-23(32-22)24-11-2-12-28-13-15-31-16-14-28/h3-10H,2,11-16H2,1H3,(H,24,27)(H,25,29). The molecule has 2 heterocycles. The van der Waals surface area contributed by atoms with Crippen LogP contribution >= 0.6 is 0 Å². The van der Waals surface area contributed by atoms with Crippen LogP contribution in [0.1, 0.15) is 16.8 Å². The number of hydrogen-bond donors (Lipinski definition) is 2. The van der Waals surface area contributed by atoms with Crippen molar-refractivity contribution in [3.8, 4) is 17.2 Å². The van der Waals surface area contributed by atoms with E-state index in [9.17, 15) is 4.79 Å². The van der Waals surface area contributed by atoms with E-state index in [2.05, 4.69) is 25.7 Å². The number of carbonyl (C=O) groups is 1. The second kappa shape index (κ2) is 10.7. The molecule has 32 heavy (non-hydrogen) atoms. The summed E-state index contributed by atoms with van der Waals surface area (Å²) in [6.45, 7) is 5.37. The van der Waals surface area contributed by atoms with Crippen LogP contribution in [0.15, 0.2) is 52.9 Å². The summed E-state index contributed by atoms with van der Waals surface area (Å²) in [4.78, 5) is 14.8. The molecular formula is C23H27N5O4. The fourth-order valence-electron chi connectivity index (χ4n) is 3.38. The molecule has 0 unspecified atom stereocenters. The van der Waals surface area contributed by atoms with E-state index in [1.807, 2.05) is 12.1 Å². The van der Waals surface area contributed by atoms with Gasteiger partial charge < -0.3 is 24.5 Å². The molecule has 1 aliphatic rings. The van der Waals surface area contributed by atoms with Crippen LogP contribution in [0.2, 0.25) is 0 Å². The Hall–Kier alpha value is -3.43. The molecule has 1 aliphatic heterocycles. The fourth-order valence-corrected chi connectivity index (χ4v) is 3.38. The molecule has 0 bridgehead atoms. The van der Waals surface area contributed by atoms with Crippen molar-refractivity contribution in [1.82, 2.24) is 15.1 Å². The number of aromatic nitrogens is 2. The highest BCUT2D eigenvalue weighted by Crippen LogP contribution is 2.22. The Labute approximate surface area is 186 Å². The zero-order valence-corrected chi connectivity index (χ0v) is 18.0. The van der Waals surface area contributed by atoms with E-state index in [0.717, 1.165) is 51.4 Å². The summed E-state index contributed by atoms with van der Waals surface area (Å²) in [5.74, 6) is 0.937. The van der Waals surface area contributed by atoms with Gasteiger partial charge in [-0.25, -0.2) is 0 Å². The molecule has 0 saturated carbocycles. The highest BCUT2D eigenvalue weighted by atomic mass is 16.5. The molecular weight excluding hydrogens is 410 g/mol. The summed E-state index contributed by atoms with van der Waals surface area (Å²) in [5.41, 5.74) is 2.01. The van der Waals surface area contributed by atoms with Crippen molar-refractivity contribution >= 4 is 17.6 Å². The van der Waals surface area contributed by atoms with Crippen molar-refractivity contribution in [1.29, 1.82) is 0 Å². The first-order valence-electron chi connectivity index (χ1n) is 10.6. The third-order valence-corrected chi connectivity index (χ3v) is 5.20. The third kappa shape index (κ3) is 5.83. The molecule has 4 rings (SSSR count). The van der Waals surface area contributed by atoms with Crippen LogP contribution in [0.3, 0.4) is 0 Å². The Morgan fingerprint density at radius 2 is 1.81 bits per heavy atom. The van der Waals surface area contributed by atoms with Gasteiger partial charge >= 0.3 is 6.01 Å². The van der Waals surface area contributed by atoms with Gasteiger partial charge in [-0.3, -0.25) is 9.69 Å². The van der Waals surface area contributed by atoms with Crippen molar-refractivity contribution < 1.29 is 18.7 Å². The van der Waals surface area contributed by atoms with Crippen LogP contribution < -0.4 is 15.4 Å². The van der Waals surface area contributed by atoms with Crippen molar-refractivity contribution in [3.05, 3.63) is 54.1 Å². The number of morpholine rings is 1. The predicted octanol–water partition coefficient (Wildman–Crippen LogP) is 3.13. The quantitative estimate of drug-likeness (QED) is 0.493. The second-order valence-corrected chi connectivity index (χ2v) is 7.41. The molecule has 1 amide bonds. The Kier molecular flexibility index (Phi) is 7.31. The van der Waals surface area contributed by atoms with E-state index in [-0.39, 0.29) is 5.91 Å². The summed E-state index contributed by atoms with van der Waals surface area (Å²) in [6.07, 6.45) is 0.986. The zero-order valence-electron chi connectivity index (χ0n) is 18.0. The highest BCUT2D eigenvalue weighted by molar-refractivity contribution is 6.04. The topological polar surface area (TPSA) is 102 Å². The van der Waals surface area contributed by atoms with Gasteiger partial charge in [0.2, 0.25) is 5.89 Å². The SMILES string of the molecule is COc1ccc(C(=O)Nc2ccc(-c3nnc(NCCCN4CCOCC4)o3)cc2)cc1. The number of amides is 1. The Bertz CT molecular complexity index is 998. The highest BCUT2D eigenvalue weighted by Gasteiger charge is 2.12. The third-order valence-electron chi connectivity index (χ3n) is 5.20. The number of ether oxygens (including phenoxy) is 2. The van der Waals surface area contributed by atoms with E-state index >= 15 is 0 Å². The number of hydrogen-bond acceptors (Lipinski definition) is 8. The summed E-state index contributed by atoms with van der Waals surface area (Å²) < 4.78 is 16.2. The van der Waals surface area contributed by atoms with E-state index < -0.39 is 0 Å². The molecule has 9 heteroatoms. The number of nitrogens with one attached hydrogen (secondary N) is 2. The van der Waals surface area contributed by atoms with Gasteiger partial charge in [-0.15, -0.1) is 5.10 Å².